The first kappa shape index (κ1) is 18.1. The molecule has 0 unspecified atom stereocenters. The average Bonchev–Trinajstić information content (AvgIpc) is 3.20. The highest BCUT2D eigenvalue weighted by Crippen LogP contribution is 2.29. The van der Waals surface area contributed by atoms with E-state index in [1.807, 2.05) is 24.3 Å². The minimum Gasteiger partial charge on any atom is -0.360 e. The van der Waals surface area contributed by atoms with Gasteiger partial charge in [0.25, 0.3) is 0 Å². The van der Waals surface area contributed by atoms with Crippen molar-refractivity contribution < 1.29 is 0 Å². The maximum Gasteiger partial charge on any atom is 0.170 e. The summed E-state index contributed by atoms with van der Waals surface area (Å²) in [5, 5.41) is 10.6. The van der Waals surface area contributed by atoms with Gasteiger partial charge in [-0.25, -0.2) is 4.98 Å². The van der Waals surface area contributed by atoms with Crippen molar-refractivity contribution in [1.29, 1.82) is 0 Å². The third kappa shape index (κ3) is 4.70. The van der Waals surface area contributed by atoms with Crippen molar-refractivity contribution in [3.05, 3.63) is 54.2 Å². The Balaban J connectivity index is 1.44. The fourth-order valence-corrected chi connectivity index (χ4v) is 4.51. The summed E-state index contributed by atoms with van der Waals surface area (Å²) in [5.74, 6) is 0. The summed E-state index contributed by atoms with van der Waals surface area (Å²) in [5.41, 5.74) is 4.13. The number of hydrogen-bond acceptors (Lipinski definition) is 4. The number of aromatic nitrogens is 2. The van der Waals surface area contributed by atoms with Gasteiger partial charge in [0, 0.05) is 40.6 Å². The van der Waals surface area contributed by atoms with Gasteiger partial charge >= 0.3 is 0 Å². The minimum absolute atomic E-state index is 0.503. The van der Waals surface area contributed by atoms with Crippen molar-refractivity contribution in [2.24, 2.45) is 0 Å². The van der Waals surface area contributed by atoms with Crippen LogP contribution in [-0.2, 0) is 0 Å². The summed E-state index contributed by atoms with van der Waals surface area (Å²) in [4.78, 5) is 8.85. The van der Waals surface area contributed by atoms with E-state index >= 15 is 0 Å². The molecule has 0 bridgehead atoms. The molecule has 1 saturated carbocycles. The van der Waals surface area contributed by atoms with Crippen LogP contribution in [-0.4, -0.2) is 21.1 Å². The Kier molecular flexibility index (Phi) is 5.75. The molecule has 0 amide bonds. The lowest BCUT2D eigenvalue weighted by Gasteiger charge is -2.24. The predicted octanol–water partition coefficient (Wildman–Crippen LogP) is 5.49. The molecule has 4 nitrogen and oxygen atoms in total. The first-order valence-corrected chi connectivity index (χ1v) is 10.6. The second-order valence-electron chi connectivity index (χ2n) is 6.79. The Morgan fingerprint density at radius 1 is 1.04 bits per heavy atom. The molecule has 0 atom stereocenters. The molecule has 27 heavy (non-hydrogen) atoms. The van der Waals surface area contributed by atoms with Crippen LogP contribution in [0.2, 0.25) is 0 Å². The Hall–Kier alpha value is -2.31. The van der Waals surface area contributed by atoms with Crippen LogP contribution in [0.15, 0.2) is 54.2 Å². The number of rotatable bonds is 4. The van der Waals surface area contributed by atoms with E-state index in [0.717, 1.165) is 27.5 Å². The zero-order chi connectivity index (χ0) is 18.5. The van der Waals surface area contributed by atoms with Crippen molar-refractivity contribution in [3.63, 3.8) is 0 Å². The Morgan fingerprint density at radius 3 is 2.67 bits per heavy atom. The first-order valence-electron chi connectivity index (χ1n) is 9.32. The first-order chi connectivity index (χ1) is 13.3. The standard InChI is InChI=1S/C21H22N4S2/c26-21(23-17-6-2-1-3-7-17)24-18-8-4-5-16(13-18)19-14-27-20(25-19)15-9-11-22-12-10-15/h4-5,8-14,17H,1-3,6-7H2,(H2,23,24,26). The Labute approximate surface area is 169 Å². The van der Waals surface area contributed by atoms with Crippen LogP contribution in [0.4, 0.5) is 5.69 Å². The maximum absolute atomic E-state index is 5.50. The molecular formula is C21H22N4S2. The molecule has 1 aliphatic rings. The molecule has 3 aromatic rings. The van der Waals surface area contributed by atoms with Gasteiger partial charge in [0.05, 0.1) is 5.69 Å². The lowest BCUT2D eigenvalue weighted by Crippen LogP contribution is -2.38. The molecule has 6 heteroatoms. The molecule has 138 valence electrons. The molecule has 2 heterocycles. The van der Waals surface area contributed by atoms with Crippen LogP contribution in [0.1, 0.15) is 32.1 Å². The molecule has 1 aromatic carbocycles. The summed E-state index contributed by atoms with van der Waals surface area (Å²) in [6.45, 7) is 0. The summed E-state index contributed by atoms with van der Waals surface area (Å²) in [6, 6.07) is 12.7. The Morgan fingerprint density at radius 2 is 1.85 bits per heavy atom. The van der Waals surface area contributed by atoms with Gasteiger partial charge in [0.15, 0.2) is 5.11 Å². The average molecular weight is 395 g/mol. The summed E-state index contributed by atoms with van der Waals surface area (Å²) < 4.78 is 0. The molecular weight excluding hydrogens is 372 g/mol. The van der Waals surface area contributed by atoms with Crippen molar-refractivity contribution >= 4 is 34.4 Å². The largest absolute Gasteiger partial charge is 0.360 e. The van der Waals surface area contributed by atoms with Gasteiger partial charge in [-0.3, -0.25) is 4.98 Å². The fourth-order valence-electron chi connectivity index (χ4n) is 3.39. The van der Waals surface area contributed by atoms with E-state index in [1.54, 1.807) is 23.7 Å². The van der Waals surface area contributed by atoms with Gasteiger partial charge in [0.2, 0.25) is 0 Å². The van der Waals surface area contributed by atoms with Gasteiger partial charge in [-0.15, -0.1) is 11.3 Å². The van der Waals surface area contributed by atoms with Gasteiger partial charge in [-0.1, -0.05) is 31.4 Å². The highest BCUT2D eigenvalue weighted by atomic mass is 32.1. The molecule has 1 aliphatic carbocycles. The molecule has 0 aliphatic heterocycles. The topological polar surface area (TPSA) is 49.8 Å². The summed E-state index contributed by atoms with van der Waals surface area (Å²) >= 11 is 7.15. The van der Waals surface area contributed by atoms with Crippen LogP contribution in [0.25, 0.3) is 21.8 Å². The van der Waals surface area contributed by atoms with E-state index in [9.17, 15) is 0 Å². The van der Waals surface area contributed by atoms with E-state index < -0.39 is 0 Å². The van der Waals surface area contributed by atoms with E-state index in [2.05, 4.69) is 33.1 Å². The summed E-state index contributed by atoms with van der Waals surface area (Å²) in [7, 11) is 0. The van der Waals surface area contributed by atoms with Gasteiger partial charge in [-0.05, 0) is 49.3 Å². The lowest BCUT2D eigenvalue weighted by molar-refractivity contribution is 0.415. The van der Waals surface area contributed by atoms with E-state index in [0.29, 0.717) is 11.2 Å². The third-order valence-electron chi connectivity index (χ3n) is 4.79. The van der Waals surface area contributed by atoms with Gasteiger partial charge < -0.3 is 10.6 Å². The second-order valence-corrected chi connectivity index (χ2v) is 8.05. The van der Waals surface area contributed by atoms with Crippen LogP contribution in [0, 0.1) is 0 Å². The maximum atomic E-state index is 5.50. The van der Waals surface area contributed by atoms with E-state index in [1.165, 1.54) is 32.1 Å². The van der Waals surface area contributed by atoms with Crippen LogP contribution in [0.3, 0.4) is 0 Å². The monoisotopic (exact) mass is 394 g/mol. The molecule has 2 N–H and O–H groups in total. The molecule has 4 rings (SSSR count). The lowest BCUT2D eigenvalue weighted by atomic mass is 9.96. The number of hydrogen-bond donors (Lipinski definition) is 2. The molecule has 2 aromatic heterocycles. The van der Waals surface area contributed by atoms with Crippen LogP contribution >= 0.6 is 23.6 Å². The van der Waals surface area contributed by atoms with Crippen molar-refractivity contribution in [2.75, 3.05) is 5.32 Å². The van der Waals surface area contributed by atoms with E-state index in [4.69, 9.17) is 17.2 Å². The number of pyridine rings is 1. The second kappa shape index (κ2) is 8.59. The number of thiocarbonyl (C=S) groups is 1. The number of benzene rings is 1. The number of thiazole rings is 1. The zero-order valence-corrected chi connectivity index (χ0v) is 16.7. The quantitative estimate of drug-likeness (QED) is 0.573. The zero-order valence-electron chi connectivity index (χ0n) is 15.0. The highest BCUT2D eigenvalue weighted by Gasteiger charge is 2.14. The normalized spacial score (nSPS) is 14.7. The van der Waals surface area contributed by atoms with Crippen LogP contribution in [0.5, 0.6) is 0 Å². The third-order valence-corrected chi connectivity index (χ3v) is 5.90. The molecule has 0 spiro atoms. The van der Waals surface area contributed by atoms with Gasteiger partial charge in [0.1, 0.15) is 5.01 Å². The van der Waals surface area contributed by atoms with Crippen molar-refractivity contribution in [3.8, 4) is 21.8 Å². The number of nitrogens with zero attached hydrogens (tertiary/aromatic N) is 2. The fraction of sp³-hybridized carbons (Fsp3) is 0.286. The minimum atomic E-state index is 0.503. The number of nitrogens with one attached hydrogen (secondary N) is 2. The smallest absolute Gasteiger partial charge is 0.170 e. The highest BCUT2D eigenvalue weighted by molar-refractivity contribution is 7.80. The van der Waals surface area contributed by atoms with Gasteiger partial charge in [-0.2, -0.15) is 0 Å². The van der Waals surface area contributed by atoms with Crippen molar-refractivity contribution in [2.45, 2.75) is 38.1 Å². The van der Waals surface area contributed by atoms with Crippen molar-refractivity contribution in [1.82, 2.24) is 15.3 Å². The molecule has 0 saturated heterocycles. The molecule has 1 fully saturated rings. The number of anilines is 1. The molecule has 0 radical (unpaired) electrons. The Bertz CT molecular complexity index is 901. The predicted molar refractivity (Wildman–Crippen MR) is 117 cm³/mol. The van der Waals surface area contributed by atoms with Crippen LogP contribution < -0.4 is 10.6 Å². The SMILES string of the molecule is S=C(Nc1cccc(-c2csc(-c3ccncc3)n2)c1)NC1CCCCC1. The summed E-state index contributed by atoms with van der Waals surface area (Å²) in [6.07, 6.45) is 9.92. The van der Waals surface area contributed by atoms with E-state index in [-0.39, 0.29) is 0 Å².